The number of hydrogen-bond acceptors (Lipinski definition) is 3. The molecule has 1 heterocycles. The van der Waals surface area contributed by atoms with Crippen LogP contribution in [0.2, 0.25) is 0 Å². The van der Waals surface area contributed by atoms with Crippen molar-refractivity contribution < 1.29 is 5.11 Å². The molecule has 0 aliphatic heterocycles. The van der Waals surface area contributed by atoms with E-state index in [-0.39, 0.29) is 12.6 Å². The van der Waals surface area contributed by atoms with Crippen LogP contribution >= 0.6 is 0 Å². The molecular formula is C9H14N2O. The lowest BCUT2D eigenvalue weighted by molar-refractivity contribution is 0.264. The van der Waals surface area contributed by atoms with E-state index in [0.717, 1.165) is 5.69 Å². The Labute approximate surface area is 72.2 Å². The van der Waals surface area contributed by atoms with Gasteiger partial charge in [0, 0.05) is 24.4 Å². The van der Waals surface area contributed by atoms with Gasteiger partial charge in [0.1, 0.15) is 0 Å². The number of rotatable bonds is 3. The molecule has 1 aromatic heterocycles. The smallest absolute Gasteiger partial charge is 0.0586 e. The largest absolute Gasteiger partial charge is 0.395 e. The maximum absolute atomic E-state index is 8.71. The zero-order valence-corrected chi connectivity index (χ0v) is 7.20. The summed E-state index contributed by atoms with van der Waals surface area (Å²) in [6.45, 7) is 2.02. The Kier molecular flexibility index (Phi) is 3.19. The summed E-state index contributed by atoms with van der Waals surface area (Å²) in [6, 6.07) is 3.73. The molecule has 0 spiro atoms. The van der Waals surface area contributed by atoms with Crippen molar-refractivity contribution in [3.05, 3.63) is 29.6 Å². The Hall–Kier alpha value is -0.930. The maximum atomic E-state index is 8.71. The standard InChI is InChI=1S/C9H14N2O/c1-7-2-3-11-9(4-7)5-8(10)6-12/h2-4,8,12H,5-6,10H2,1H3. The van der Waals surface area contributed by atoms with Gasteiger partial charge in [-0.2, -0.15) is 0 Å². The Morgan fingerprint density at radius 3 is 3.00 bits per heavy atom. The molecule has 1 atom stereocenters. The highest BCUT2D eigenvalue weighted by Crippen LogP contribution is 2.01. The number of aryl methyl sites for hydroxylation is 1. The number of nitrogens with two attached hydrogens (primary N) is 1. The minimum Gasteiger partial charge on any atom is -0.395 e. The fraction of sp³-hybridized carbons (Fsp3) is 0.444. The fourth-order valence-electron chi connectivity index (χ4n) is 1.04. The summed E-state index contributed by atoms with van der Waals surface area (Å²) in [5, 5.41) is 8.71. The molecule has 0 saturated carbocycles. The van der Waals surface area contributed by atoms with Gasteiger partial charge in [0.15, 0.2) is 0 Å². The number of pyridine rings is 1. The molecule has 0 fully saturated rings. The number of hydrogen-bond donors (Lipinski definition) is 2. The van der Waals surface area contributed by atoms with Crippen molar-refractivity contribution >= 4 is 0 Å². The molecule has 3 N–H and O–H groups in total. The van der Waals surface area contributed by atoms with E-state index in [1.807, 2.05) is 19.1 Å². The van der Waals surface area contributed by atoms with E-state index in [2.05, 4.69) is 4.98 Å². The first-order valence-electron chi connectivity index (χ1n) is 4.00. The highest BCUT2D eigenvalue weighted by molar-refractivity contribution is 5.15. The van der Waals surface area contributed by atoms with E-state index in [0.29, 0.717) is 6.42 Å². The summed E-state index contributed by atoms with van der Waals surface area (Å²) < 4.78 is 0. The SMILES string of the molecule is Cc1ccnc(CC(N)CO)c1. The molecule has 3 heteroatoms. The number of nitrogens with zero attached hydrogens (tertiary/aromatic N) is 1. The lowest BCUT2D eigenvalue weighted by atomic mass is 10.1. The molecule has 0 amide bonds. The Morgan fingerprint density at radius 2 is 2.42 bits per heavy atom. The van der Waals surface area contributed by atoms with Crippen molar-refractivity contribution in [2.45, 2.75) is 19.4 Å². The van der Waals surface area contributed by atoms with Gasteiger partial charge in [-0.1, -0.05) is 0 Å². The third-order valence-electron chi connectivity index (χ3n) is 1.68. The number of aliphatic hydroxyl groups excluding tert-OH is 1. The van der Waals surface area contributed by atoms with Gasteiger partial charge >= 0.3 is 0 Å². The Balaban J connectivity index is 2.63. The van der Waals surface area contributed by atoms with Crippen LogP contribution in [-0.2, 0) is 6.42 Å². The van der Waals surface area contributed by atoms with Crippen molar-refractivity contribution in [2.75, 3.05) is 6.61 Å². The lowest BCUT2D eigenvalue weighted by Gasteiger charge is -2.06. The minimum atomic E-state index is -0.195. The van der Waals surface area contributed by atoms with E-state index in [4.69, 9.17) is 10.8 Å². The maximum Gasteiger partial charge on any atom is 0.0586 e. The molecule has 0 radical (unpaired) electrons. The third-order valence-corrected chi connectivity index (χ3v) is 1.68. The molecule has 0 aromatic carbocycles. The van der Waals surface area contributed by atoms with E-state index in [1.54, 1.807) is 6.20 Å². The van der Waals surface area contributed by atoms with Crippen LogP contribution < -0.4 is 5.73 Å². The molecule has 0 saturated heterocycles. The lowest BCUT2D eigenvalue weighted by Crippen LogP contribution is -2.27. The summed E-state index contributed by atoms with van der Waals surface area (Å²) >= 11 is 0. The van der Waals surface area contributed by atoms with Gasteiger partial charge < -0.3 is 10.8 Å². The molecule has 1 rings (SSSR count). The molecule has 0 bridgehead atoms. The van der Waals surface area contributed by atoms with Crippen LogP contribution in [0.4, 0.5) is 0 Å². The van der Waals surface area contributed by atoms with Gasteiger partial charge in [-0.05, 0) is 24.6 Å². The summed E-state index contributed by atoms with van der Waals surface area (Å²) in [6.07, 6.45) is 2.40. The Morgan fingerprint density at radius 1 is 1.67 bits per heavy atom. The van der Waals surface area contributed by atoms with Crippen molar-refractivity contribution in [2.24, 2.45) is 5.73 Å². The third kappa shape index (κ3) is 2.60. The predicted molar refractivity (Wildman–Crippen MR) is 47.7 cm³/mol. The quantitative estimate of drug-likeness (QED) is 0.676. The zero-order chi connectivity index (χ0) is 8.97. The first-order valence-corrected chi connectivity index (χ1v) is 4.00. The van der Waals surface area contributed by atoms with Crippen LogP contribution in [0.3, 0.4) is 0 Å². The van der Waals surface area contributed by atoms with Gasteiger partial charge in [-0.15, -0.1) is 0 Å². The van der Waals surface area contributed by atoms with Crippen molar-refractivity contribution in [3.63, 3.8) is 0 Å². The molecule has 66 valence electrons. The van der Waals surface area contributed by atoms with E-state index in [1.165, 1.54) is 5.56 Å². The highest BCUT2D eigenvalue weighted by atomic mass is 16.3. The second kappa shape index (κ2) is 4.18. The average Bonchev–Trinajstić information content (AvgIpc) is 2.04. The topological polar surface area (TPSA) is 59.1 Å². The van der Waals surface area contributed by atoms with Gasteiger partial charge in [-0.3, -0.25) is 4.98 Å². The molecular weight excluding hydrogens is 152 g/mol. The van der Waals surface area contributed by atoms with Crippen LogP contribution in [0.5, 0.6) is 0 Å². The van der Waals surface area contributed by atoms with Crippen molar-refractivity contribution in [1.29, 1.82) is 0 Å². The fourth-order valence-corrected chi connectivity index (χ4v) is 1.04. The van der Waals surface area contributed by atoms with E-state index < -0.39 is 0 Å². The monoisotopic (exact) mass is 166 g/mol. The molecule has 0 aliphatic rings. The number of aliphatic hydroxyl groups is 1. The zero-order valence-electron chi connectivity index (χ0n) is 7.20. The summed E-state index contributed by atoms with van der Waals surface area (Å²) in [5.41, 5.74) is 7.68. The molecule has 12 heavy (non-hydrogen) atoms. The van der Waals surface area contributed by atoms with Crippen LogP contribution in [0.25, 0.3) is 0 Å². The molecule has 1 aromatic rings. The van der Waals surface area contributed by atoms with Gasteiger partial charge in [0.05, 0.1) is 6.61 Å². The second-order valence-electron chi connectivity index (χ2n) is 2.97. The van der Waals surface area contributed by atoms with Gasteiger partial charge in [0.2, 0.25) is 0 Å². The minimum absolute atomic E-state index is 0.00955. The van der Waals surface area contributed by atoms with Crippen LogP contribution in [0.1, 0.15) is 11.3 Å². The van der Waals surface area contributed by atoms with Gasteiger partial charge in [0.25, 0.3) is 0 Å². The average molecular weight is 166 g/mol. The highest BCUT2D eigenvalue weighted by Gasteiger charge is 2.02. The second-order valence-corrected chi connectivity index (χ2v) is 2.97. The van der Waals surface area contributed by atoms with Gasteiger partial charge in [-0.25, -0.2) is 0 Å². The van der Waals surface area contributed by atoms with E-state index in [9.17, 15) is 0 Å². The Bertz CT molecular complexity index is 250. The predicted octanol–water partition coefficient (Wildman–Crippen LogP) is 0.252. The molecule has 3 nitrogen and oxygen atoms in total. The van der Waals surface area contributed by atoms with Crippen LogP contribution in [0, 0.1) is 6.92 Å². The summed E-state index contributed by atoms with van der Waals surface area (Å²) in [7, 11) is 0. The normalized spacial score (nSPS) is 12.9. The van der Waals surface area contributed by atoms with Crippen molar-refractivity contribution in [1.82, 2.24) is 4.98 Å². The summed E-state index contributed by atoms with van der Waals surface area (Å²) in [5.74, 6) is 0. The molecule has 1 unspecified atom stereocenters. The number of aromatic nitrogens is 1. The van der Waals surface area contributed by atoms with Crippen LogP contribution in [-0.4, -0.2) is 22.7 Å². The summed E-state index contributed by atoms with van der Waals surface area (Å²) in [4.78, 5) is 4.14. The van der Waals surface area contributed by atoms with Crippen LogP contribution in [0.15, 0.2) is 18.3 Å². The van der Waals surface area contributed by atoms with Crippen molar-refractivity contribution in [3.8, 4) is 0 Å². The van der Waals surface area contributed by atoms with E-state index >= 15 is 0 Å². The first-order chi connectivity index (χ1) is 5.72. The first kappa shape index (κ1) is 9.16. The molecule has 0 aliphatic carbocycles.